The largest absolute Gasteiger partial charge is 0.325 e. The zero-order valence-electron chi connectivity index (χ0n) is 10.7. The summed E-state index contributed by atoms with van der Waals surface area (Å²) in [5.74, 6) is 1.70. The fourth-order valence-corrected chi connectivity index (χ4v) is 2.91. The lowest BCUT2D eigenvalue weighted by molar-refractivity contribution is 0.591. The first-order valence-electron chi connectivity index (χ1n) is 5.86. The molecule has 2 aromatic rings. The third kappa shape index (κ3) is 2.87. The number of nitrogens with zero attached hydrogens (tertiary/aromatic N) is 2. The fraction of sp³-hybridized carbons (Fsp3) is 0.357. The molecule has 0 bridgehead atoms. The van der Waals surface area contributed by atoms with Crippen LogP contribution in [0.2, 0.25) is 0 Å². The van der Waals surface area contributed by atoms with Crippen molar-refractivity contribution < 1.29 is 0 Å². The molecule has 0 fully saturated rings. The average Bonchev–Trinajstić information content (AvgIpc) is 2.64. The fourth-order valence-electron chi connectivity index (χ4n) is 1.84. The van der Waals surface area contributed by atoms with Gasteiger partial charge in [0.25, 0.3) is 0 Å². The number of nitriles is 1. The number of hydrogen-bond acceptors (Lipinski definition) is 3. The van der Waals surface area contributed by atoms with E-state index in [9.17, 15) is 5.26 Å². The number of nitrogens with two attached hydrogens (primary N) is 1. The van der Waals surface area contributed by atoms with Crippen LogP contribution in [0.25, 0.3) is 5.52 Å². The molecule has 0 aliphatic carbocycles. The monoisotopic (exact) mass is 259 g/mol. The first kappa shape index (κ1) is 13.0. The molecular weight excluding hydrogens is 242 g/mol. The Morgan fingerprint density at radius 3 is 2.89 bits per heavy atom. The lowest BCUT2D eigenvalue weighted by atomic mass is 10.1. The lowest BCUT2D eigenvalue weighted by Crippen LogP contribution is -2.34. The van der Waals surface area contributed by atoms with E-state index in [1.165, 1.54) is 0 Å². The Labute approximate surface area is 112 Å². The summed E-state index contributed by atoms with van der Waals surface area (Å²) in [6.45, 7) is 4.03. The summed E-state index contributed by atoms with van der Waals surface area (Å²) < 4.78 is 2.00. The van der Waals surface area contributed by atoms with Gasteiger partial charge in [-0.05, 0) is 31.5 Å². The molecule has 0 atom stereocenters. The van der Waals surface area contributed by atoms with Crippen molar-refractivity contribution in [3.8, 4) is 6.07 Å². The highest BCUT2D eigenvalue weighted by Crippen LogP contribution is 2.23. The Bertz CT molecular complexity index is 587. The van der Waals surface area contributed by atoms with Crippen molar-refractivity contribution in [1.82, 2.24) is 4.40 Å². The molecule has 2 N–H and O–H groups in total. The summed E-state index contributed by atoms with van der Waals surface area (Å²) in [6.07, 6.45) is 4.00. The van der Waals surface area contributed by atoms with E-state index in [0.29, 0.717) is 0 Å². The number of rotatable bonds is 4. The van der Waals surface area contributed by atoms with Crippen molar-refractivity contribution in [2.75, 3.05) is 5.75 Å². The molecule has 4 heteroatoms. The summed E-state index contributed by atoms with van der Waals surface area (Å²) in [7, 11) is 0. The van der Waals surface area contributed by atoms with Gasteiger partial charge in [-0.15, -0.1) is 0 Å². The molecule has 18 heavy (non-hydrogen) atoms. The zero-order chi connectivity index (χ0) is 13.2. The van der Waals surface area contributed by atoms with Crippen LogP contribution in [-0.4, -0.2) is 15.7 Å². The van der Waals surface area contributed by atoms with Gasteiger partial charge in [-0.25, -0.2) is 0 Å². The van der Waals surface area contributed by atoms with Gasteiger partial charge < -0.3 is 10.1 Å². The minimum Gasteiger partial charge on any atom is -0.325 e. The smallest absolute Gasteiger partial charge is 0.102 e. The number of thioether (sulfide) groups is 1. The molecule has 0 aliphatic rings. The number of aromatic nitrogens is 1. The first-order chi connectivity index (χ1) is 8.51. The highest BCUT2D eigenvalue weighted by molar-refractivity contribution is 7.98. The maximum atomic E-state index is 9.27. The van der Waals surface area contributed by atoms with Gasteiger partial charge in [0.2, 0.25) is 0 Å². The summed E-state index contributed by atoms with van der Waals surface area (Å²) in [4.78, 5) is 0. The van der Waals surface area contributed by atoms with Gasteiger partial charge in [-0.1, -0.05) is 6.07 Å². The average molecular weight is 259 g/mol. The second-order valence-corrected chi connectivity index (χ2v) is 6.10. The maximum Gasteiger partial charge on any atom is 0.102 e. The van der Waals surface area contributed by atoms with Crippen LogP contribution in [0.4, 0.5) is 0 Å². The topological polar surface area (TPSA) is 54.2 Å². The third-order valence-corrected chi connectivity index (χ3v) is 4.07. The van der Waals surface area contributed by atoms with Gasteiger partial charge in [-0.2, -0.15) is 17.0 Å². The van der Waals surface area contributed by atoms with Crippen LogP contribution < -0.4 is 5.73 Å². The van der Waals surface area contributed by atoms with E-state index in [1.807, 2.05) is 48.8 Å². The van der Waals surface area contributed by atoms with Crippen molar-refractivity contribution in [3.63, 3.8) is 0 Å². The highest BCUT2D eigenvalue weighted by atomic mass is 32.2. The maximum absolute atomic E-state index is 9.27. The Hall–Kier alpha value is -1.44. The molecule has 0 saturated heterocycles. The number of pyridine rings is 1. The van der Waals surface area contributed by atoms with Crippen LogP contribution in [-0.2, 0) is 5.75 Å². The van der Waals surface area contributed by atoms with E-state index in [2.05, 4.69) is 6.07 Å². The van der Waals surface area contributed by atoms with E-state index in [1.54, 1.807) is 11.8 Å². The molecule has 0 spiro atoms. The van der Waals surface area contributed by atoms with Crippen LogP contribution in [0.3, 0.4) is 0 Å². The second kappa shape index (κ2) is 5.05. The molecular formula is C14H17N3S. The molecule has 0 saturated carbocycles. The predicted octanol–water partition coefficient (Wildman–Crippen LogP) is 2.78. The molecule has 0 radical (unpaired) electrons. The van der Waals surface area contributed by atoms with Crippen molar-refractivity contribution in [2.45, 2.75) is 25.1 Å². The SMILES string of the molecule is CC(C)(N)CSCc1cn2ccccc2c1C#N. The Kier molecular flexibility index (Phi) is 3.65. The Morgan fingerprint density at radius 2 is 2.22 bits per heavy atom. The standard InChI is InChI=1S/C14H17N3S/c1-14(2,16)10-18-9-11-8-17-6-4-3-5-13(17)12(11)7-15/h3-6,8H,9-10,16H2,1-2H3. The Morgan fingerprint density at radius 1 is 1.44 bits per heavy atom. The molecule has 2 rings (SSSR count). The van der Waals surface area contributed by atoms with Crippen molar-refractivity contribution in [1.29, 1.82) is 5.26 Å². The normalized spacial score (nSPS) is 11.7. The van der Waals surface area contributed by atoms with Crippen LogP contribution in [0.5, 0.6) is 0 Å². The van der Waals surface area contributed by atoms with Gasteiger partial charge in [0.15, 0.2) is 0 Å². The molecule has 2 aromatic heterocycles. The molecule has 2 heterocycles. The van der Waals surface area contributed by atoms with Crippen molar-refractivity contribution in [2.24, 2.45) is 5.73 Å². The summed E-state index contributed by atoms with van der Waals surface area (Å²) in [5.41, 5.74) is 8.62. The first-order valence-corrected chi connectivity index (χ1v) is 7.02. The Balaban J connectivity index is 2.21. The summed E-state index contributed by atoms with van der Waals surface area (Å²) >= 11 is 1.77. The molecule has 0 aliphatic heterocycles. The van der Waals surface area contributed by atoms with Crippen LogP contribution in [0.1, 0.15) is 25.0 Å². The minimum atomic E-state index is -0.170. The van der Waals surface area contributed by atoms with E-state index in [4.69, 9.17) is 5.73 Å². The van der Waals surface area contributed by atoms with Crippen molar-refractivity contribution >= 4 is 17.3 Å². The van der Waals surface area contributed by atoms with E-state index < -0.39 is 0 Å². The molecule has 94 valence electrons. The molecule has 0 aromatic carbocycles. The minimum absolute atomic E-state index is 0.170. The number of fused-ring (bicyclic) bond motifs is 1. The number of hydrogen-bond donors (Lipinski definition) is 1. The molecule has 0 unspecified atom stereocenters. The second-order valence-electron chi connectivity index (χ2n) is 5.12. The van der Waals surface area contributed by atoms with E-state index >= 15 is 0 Å². The molecule has 0 amide bonds. The van der Waals surface area contributed by atoms with Crippen LogP contribution in [0, 0.1) is 11.3 Å². The van der Waals surface area contributed by atoms with Gasteiger partial charge in [0.1, 0.15) is 6.07 Å². The van der Waals surface area contributed by atoms with Gasteiger partial charge in [-0.3, -0.25) is 0 Å². The lowest BCUT2D eigenvalue weighted by Gasteiger charge is -2.17. The zero-order valence-corrected chi connectivity index (χ0v) is 11.5. The summed E-state index contributed by atoms with van der Waals surface area (Å²) in [6, 6.07) is 8.19. The van der Waals surface area contributed by atoms with Crippen molar-refractivity contribution in [3.05, 3.63) is 41.7 Å². The van der Waals surface area contributed by atoms with Gasteiger partial charge in [0.05, 0.1) is 11.1 Å². The van der Waals surface area contributed by atoms with Crippen LogP contribution in [0.15, 0.2) is 30.6 Å². The van der Waals surface area contributed by atoms with Gasteiger partial charge >= 0.3 is 0 Å². The predicted molar refractivity (Wildman–Crippen MR) is 76.5 cm³/mol. The van der Waals surface area contributed by atoms with Crippen LogP contribution >= 0.6 is 11.8 Å². The quantitative estimate of drug-likeness (QED) is 0.918. The van der Waals surface area contributed by atoms with E-state index in [0.717, 1.165) is 28.1 Å². The van der Waals surface area contributed by atoms with Gasteiger partial charge in [0, 0.05) is 29.4 Å². The third-order valence-electron chi connectivity index (χ3n) is 2.61. The molecule has 3 nitrogen and oxygen atoms in total. The van der Waals surface area contributed by atoms with E-state index in [-0.39, 0.29) is 5.54 Å². The highest BCUT2D eigenvalue weighted by Gasteiger charge is 2.13. The summed E-state index contributed by atoms with van der Waals surface area (Å²) in [5, 5.41) is 9.27.